The van der Waals surface area contributed by atoms with Gasteiger partial charge >= 0.3 is 5.97 Å². The summed E-state index contributed by atoms with van der Waals surface area (Å²) >= 11 is 1.26. The van der Waals surface area contributed by atoms with Gasteiger partial charge in [0.25, 0.3) is 5.91 Å². The molecule has 0 spiro atoms. The summed E-state index contributed by atoms with van der Waals surface area (Å²) in [6, 6.07) is 4.44. The second-order valence-corrected chi connectivity index (χ2v) is 8.03. The van der Waals surface area contributed by atoms with Crippen molar-refractivity contribution in [1.29, 1.82) is 0 Å². The van der Waals surface area contributed by atoms with Gasteiger partial charge in [-0.1, -0.05) is 18.6 Å². The van der Waals surface area contributed by atoms with E-state index in [1.807, 2.05) is 20.8 Å². The molecule has 1 heterocycles. The number of amides is 1. The molecule has 0 saturated carbocycles. The van der Waals surface area contributed by atoms with Crippen molar-refractivity contribution in [3.63, 3.8) is 0 Å². The van der Waals surface area contributed by atoms with Gasteiger partial charge in [0.15, 0.2) is 0 Å². The minimum atomic E-state index is -0.966. The Morgan fingerprint density at radius 3 is 2.55 bits per heavy atom. The van der Waals surface area contributed by atoms with Gasteiger partial charge in [0.1, 0.15) is 16.6 Å². The normalized spacial score (nSPS) is 11.7. The third-order valence-electron chi connectivity index (χ3n) is 4.29. The van der Waals surface area contributed by atoms with Crippen molar-refractivity contribution in [2.45, 2.75) is 46.5 Å². The van der Waals surface area contributed by atoms with Crippen molar-refractivity contribution >= 4 is 28.2 Å². The number of allylic oxidation sites excluding steroid dienone is 2. The fraction of sp³-hybridized carbons (Fsp3) is 0.364. The minimum Gasteiger partial charge on any atom is -0.462 e. The van der Waals surface area contributed by atoms with Crippen molar-refractivity contribution in [2.24, 2.45) is 0 Å². The first-order valence-corrected chi connectivity index (χ1v) is 10.2. The van der Waals surface area contributed by atoms with Gasteiger partial charge in [0, 0.05) is 10.9 Å². The quantitative estimate of drug-likeness (QED) is 0.402. The molecule has 4 nitrogen and oxygen atoms in total. The molecule has 29 heavy (non-hydrogen) atoms. The van der Waals surface area contributed by atoms with Crippen LogP contribution in [0.3, 0.4) is 0 Å². The summed E-state index contributed by atoms with van der Waals surface area (Å²) in [4.78, 5) is 25.7. The molecular weight excluding hydrogens is 396 g/mol. The number of carbonyl (C=O) groups excluding carboxylic acids is 2. The second kappa shape index (κ2) is 10.3. The average molecular weight is 422 g/mol. The molecular formula is C22H25F2NO3S. The number of nitrogens with one attached hydrogen (secondary N) is 1. The van der Waals surface area contributed by atoms with Gasteiger partial charge in [0.05, 0.1) is 17.7 Å². The van der Waals surface area contributed by atoms with Crippen LogP contribution in [0.25, 0.3) is 0 Å². The van der Waals surface area contributed by atoms with Crippen LogP contribution in [0.1, 0.15) is 72.0 Å². The lowest BCUT2D eigenvalue weighted by Crippen LogP contribution is -2.15. The zero-order valence-electron chi connectivity index (χ0n) is 17.0. The van der Waals surface area contributed by atoms with Gasteiger partial charge in [-0.25, -0.2) is 13.6 Å². The molecule has 0 aliphatic rings. The number of anilines is 1. The van der Waals surface area contributed by atoms with E-state index in [4.69, 9.17) is 4.74 Å². The molecule has 0 saturated heterocycles. The third-order valence-corrected chi connectivity index (χ3v) is 5.57. The number of hydrogen-bond acceptors (Lipinski definition) is 4. The molecule has 0 unspecified atom stereocenters. The summed E-state index contributed by atoms with van der Waals surface area (Å²) < 4.78 is 32.1. The molecule has 1 amide bonds. The van der Waals surface area contributed by atoms with Crippen LogP contribution in [-0.2, 0) is 4.74 Å². The SMILES string of the molecule is CCOC(=O)c1cc([C@@H](C)CCC=C(C)C)sc1NC(=O)c1ccc(F)cc1F. The highest BCUT2D eigenvalue weighted by molar-refractivity contribution is 7.16. The van der Waals surface area contributed by atoms with Crippen LogP contribution in [0.4, 0.5) is 13.8 Å². The molecule has 2 rings (SSSR count). The first-order valence-electron chi connectivity index (χ1n) is 9.43. The van der Waals surface area contributed by atoms with E-state index < -0.39 is 23.5 Å². The van der Waals surface area contributed by atoms with Crippen LogP contribution < -0.4 is 5.32 Å². The third kappa shape index (κ3) is 6.22. The lowest BCUT2D eigenvalue weighted by molar-refractivity contribution is 0.0528. The highest BCUT2D eigenvalue weighted by Crippen LogP contribution is 2.36. The van der Waals surface area contributed by atoms with Crippen LogP contribution in [-0.4, -0.2) is 18.5 Å². The zero-order valence-corrected chi connectivity index (χ0v) is 17.8. The summed E-state index contributed by atoms with van der Waals surface area (Å²) in [7, 11) is 0. The molecule has 0 aliphatic heterocycles. The average Bonchev–Trinajstić information content (AvgIpc) is 3.05. The molecule has 7 heteroatoms. The van der Waals surface area contributed by atoms with Crippen LogP contribution in [0, 0.1) is 11.6 Å². The molecule has 1 atom stereocenters. The van der Waals surface area contributed by atoms with E-state index in [0.29, 0.717) is 11.1 Å². The predicted molar refractivity (Wildman–Crippen MR) is 112 cm³/mol. The number of rotatable bonds is 8. The van der Waals surface area contributed by atoms with Crippen LogP contribution in [0.5, 0.6) is 0 Å². The molecule has 1 aromatic heterocycles. The fourth-order valence-electron chi connectivity index (χ4n) is 2.71. The van der Waals surface area contributed by atoms with E-state index in [0.717, 1.165) is 29.9 Å². The van der Waals surface area contributed by atoms with E-state index in [-0.39, 0.29) is 23.7 Å². The molecule has 0 radical (unpaired) electrons. The van der Waals surface area contributed by atoms with Gasteiger partial charge in [-0.05, 0) is 57.7 Å². The van der Waals surface area contributed by atoms with Crippen LogP contribution in [0.2, 0.25) is 0 Å². The highest BCUT2D eigenvalue weighted by atomic mass is 32.1. The van der Waals surface area contributed by atoms with Crippen molar-refractivity contribution in [2.75, 3.05) is 11.9 Å². The standard InChI is InChI=1S/C22H25F2NO3S/c1-5-28-22(27)17-12-19(14(4)8-6-7-13(2)3)29-21(17)25-20(26)16-10-9-15(23)11-18(16)24/h7,9-12,14H,5-6,8H2,1-4H3,(H,25,26)/t14-/m0/s1. The summed E-state index contributed by atoms with van der Waals surface area (Å²) in [6.45, 7) is 8.01. The molecule has 1 N–H and O–H groups in total. The lowest BCUT2D eigenvalue weighted by Gasteiger charge is -2.07. The fourth-order valence-corrected chi connectivity index (χ4v) is 3.84. The highest BCUT2D eigenvalue weighted by Gasteiger charge is 2.22. The molecule has 156 valence electrons. The molecule has 2 aromatic rings. The van der Waals surface area contributed by atoms with Crippen LogP contribution in [0.15, 0.2) is 35.9 Å². The van der Waals surface area contributed by atoms with Crippen molar-refractivity contribution < 1.29 is 23.1 Å². The van der Waals surface area contributed by atoms with Crippen molar-refractivity contribution in [3.8, 4) is 0 Å². The number of esters is 1. The number of hydrogen-bond donors (Lipinski definition) is 1. The Morgan fingerprint density at radius 1 is 1.21 bits per heavy atom. The largest absolute Gasteiger partial charge is 0.462 e. The molecule has 1 aromatic carbocycles. The van der Waals surface area contributed by atoms with Gasteiger partial charge in [0.2, 0.25) is 0 Å². The maximum absolute atomic E-state index is 13.9. The van der Waals surface area contributed by atoms with Crippen LogP contribution >= 0.6 is 11.3 Å². The van der Waals surface area contributed by atoms with E-state index in [1.54, 1.807) is 13.0 Å². The maximum atomic E-state index is 13.9. The number of thiophene rings is 1. The molecule has 0 aliphatic carbocycles. The van der Waals surface area contributed by atoms with Crippen molar-refractivity contribution in [1.82, 2.24) is 0 Å². The van der Waals surface area contributed by atoms with Crippen molar-refractivity contribution in [3.05, 3.63) is 63.6 Å². The first-order chi connectivity index (χ1) is 13.7. The van der Waals surface area contributed by atoms with E-state index >= 15 is 0 Å². The van der Waals surface area contributed by atoms with E-state index in [1.165, 1.54) is 16.9 Å². The lowest BCUT2D eigenvalue weighted by atomic mass is 10.0. The number of ether oxygens (including phenoxy) is 1. The summed E-state index contributed by atoms with van der Waals surface area (Å²) in [5, 5.41) is 2.87. The predicted octanol–water partition coefficient (Wildman–Crippen LogP) is 6.31. The Bertz CT molecular complexity index is 917. The Hall–Kier alpha value is -2.54. The maximum Gasteiger partial charge on any atom is 0.341 e. The zero-order chi connectivity index (χ0) is 21.6. The smallest absolute Gasteiger partial charge is 0.341 e. The summed E-state index contributed by atoms with van der Waals surface area (Å²) in [5.41, 5.74) is 1.18. The summed E-state index contributed by atoms with van der Waals surface area (Å²) in [6.07, 6.45) is 3.93. The Balaban J connectivity index is 2.28. The Kier molecular flexibility index (Phi) is 8.08. The van der Waals surface area contributed by atoms with Gasteiger partial charge in [-0.2, -0.15) is 0 Å². The van der Waals surface area contributed by atoms with Gasteiger partial charge in [-0.15, -0.1) is 11.3 Å². The number of carbonyl (C=O) groups is 2. The Labute approximate surface area is 173 Å². The number of benzene rings is 1. The Morgan fingerprint density at radius 2 is 1.93 bits per heavy atom. The van der Waals surface area contributed by atoms with Gasteiger partial charge < -0.3 is 10.1 Å². The molecule has 0 fully saturated rings. The van der Waals surface area contributed by atoms with Gasteiger partial charge in [-0.3, -0.25) is 4.79 Å². The van der Waals surface area contributed by atoms with E-state index in [2.05, 4.69) is 11.4 Å². The molecule has 0 bridgehead atoms. The van der Waals surface area contributed by atoms with E-state index in [9.17, 15) is 18.4 Å². The first kappa shape index (κ1) is 22.7. The topological polar surface area (TPSA) is 55.4 Å². The summed E-state index contributed by atoms with van der Waals surface area (Å²) in [5.74, 6) is -2.88. The minimum absolute atomic E-state index is 0.164. The number of halogens is 2. The second-order valence-electron chi connectivity index (χ2n) is 6.95. The monoisotopic (exact) mass is 421 g/mol.